The number of benzene rings is 2. The molecule has 0 heterocycles. The lowest BCUT2D eigenvalue weighted by atomic mass is 9.48. The van der Waals surface area contributed by atoms with Gasteiger partial charge in [-0.3, -0.25) is 0 Å². The van der Waals surface area contributed by atoms with E-state index in [0.717, 1.165) is 17.8 Å². The van der Waals surface area contributed by atoms with Crippen LogP contribution in [-0.2, 0) is 6.42 Å². The van der Waals surface area contributed by atoms with Gasteiger partial charge in [0.15, 0.2) is 0 Å². The van der Waals surface area contributed by atoms with Crippen LogP contribution in [0.2, 0.25) is 0 Å². The highest BCUT2D eigenvalue weighted by atomic mass is 14.6. The second-order valence-corrected chi connectivity index (χ2v) is 8.23. The van der Waals surface area contributed by atoms with Gasteiger partial charge in [-0.05, 0) is 84.5 Å². The zero-order chi connectivity index (χ0) is 13.9. The first-order valence-electron chi connectivity index (χ1n) is 8.76. The predicted molar refractivity (Wildman–Crippen MR) is 88.3 cm³/mol. The van der Waals surface area contributed by atoms with Crippen molar-refractivity contribution in [1.29, 1.82) is 0 Å². The highest BCUT2D eigenvalue weighted by molar-refractivity contribution is 5.85. The number of hydrogen-bond donors (Lipinski definition) is 0. The van der Waals surface area contributed by atoms with E-state index in [1.807, 2.05) is 0 Å². The molecule has 0 atom stereocenters. The van der Waals surface area contributed by atoms with E-state index >= 15 is 0 Å². The van der Waals surface area contributed by atoms with E-state index in [1.54, 1.807) is 24.8 Å². The summed E-state index contributed by atoms with van der Waals surface area (Å²) >= 11 is 0. The van der Waals surface area contributed by atoms with Crippen molar-refractivity contribution < 1.29 is 0 Å². The van der Waals surface area contributed by atoms with Crippen molar-refractivity contribution in [2.24, 2.45) is 23.2 Å². The van der Waals surface area contributed by atoms with Crippen molar-refractivity contribution in [3.8, 4) is 0 Å². The number of hydrogen-bond acceptors (Lipinski definition) is 0. The van der Waals surface area contributed by atoms with Gasteiger partial charge in [0.25, 0.3) is 0 Å². The van der Waals surface area contributed by atoms with E-state index in [-0.39, 0.29) is 0 Å². The molecule has 0 saturated heterocycles. The molecule has 0 radical (unpaired) electrons. The van der Waals surface area contributed by atoms with Gasteiger partial charge in [0.1, 0.15) is 0 Å². The molecule has 4 bridgehead atoms. The maximum atomic E-state index is 2.39. The fourth-order valence-corrected chi connectivity index (χ4v) is 6.36. The first kappa shape index (κ1) is 12.3. The Morgan fingerprint density at radius 2 is 1.38 bits per heavy atom. The Labute approximate surface area is 127 Å². The fourth-order valence-electron chi connectivity index (χ4n) is 6.36. The quantitative estimate of drug-likeness (QED) is 0.670. The highest BCUT2D eigenvalue weighted by Crippen LogP contribution is 2.61. The standard InChI is InChI=1S/C21H24/c1-2-7-20-18(4-1)5-3-6-19(20)14-21-11-15-8-16(12-21)10-17(9-15)13-21/h1-7,15-17H,8-14H2. The second-order valence-electron chi connectivity index (χ2n) is 8.23. The molecule has 4 fully saturated rings. The molecule has 0 N–H and O–H groups in total. The Morgan fingerprint density at radius 3 is 2.10 bits per heavy atom. The van der Waals surface area contributed by atoms with Gasteiger partial charge in [0, 0.05) is 0 Å². The van der Waals surface area contributed by atoms with Crippen LogP contribution in [0.5, 0.6) is 0 Å². The van der Waals surface area contributed by atoms with Gasteiger partial charge in [-0.2, -0.15) is 0 Å². The third kappa shape index (κ3) is 1.95. The minimum atomic E-state index is 0.652. The second kappa shape index (κ2) is 4.35. The first-order valence-corrected chi connectivity index (χ1v) is 8.76. The summed E-state index contributed by atoms with van der Waals surface area (Å²) in [6.45, 7) is 0. The summed E-state index contributed by atoms with van der Waals surface area (Å²) < 4.78 is 0. The summed E-state index contributed by atoms with van der Waals surface area (Å²) in [6, 6.07) is 15.9. The third-order valence-corrected chi connectivity index (χ3v) is 6.61. The highest BCUT2D eigenvalue weighted by Gasteiger charge is 2.50. The van der Waals surface area contributed by atoms with Crippen LogP contribution in [0.25, 0.3) is 10.8 Å². The van der Waals surface area contributed by atoms with Crippen molar-refractivity contribution in [2.45, 2.75) is 44.9 Å². The van der Waals surface area contributed by atoms with E-state index in [0.29, 0.717) is 5.41 Å². The summed E-state index contributed by atoms with van der Waals surface area (Å²) in [4.78, 5) is 0. The van der Waals surface area contributed by atoms with Crippen LogP contribution in [-0.4, -0.2) is 0 Å². The molecule has 0 aromatic heterocycles. The molecule has 0 spiro atoms. The average Bonchev–Trinajstić information content (AvgIpc) is 2.46. The Bertz CT molecular complexity index is 641. The Hall–Kier alpha value is -1.30. The lowest BCUT2D eigenvalue weighted by molar-refractivity contribution is -0.0520. The molecule has 108 valence electrons. The van der Waals surface area contributed by atoms with Gasteiger partial charge >= 0.3 is 0 Å². The zero-order valence-electron chi connectivity index (χ0n) is 12.7. The average molecular weight is 276 g/mol. The maximum Gasteiger partial charge on any atom is -0.0152 e. The number of rotatable bonds is 2. The predicted octanol–water partition coefficient (Wildman–Crippen LogP) is 5.60. The molecule has 4 aliphatic rings. The Balaban J connectivity index is 1.54. The van der Waals surface area contributed by atoms with Crippen LogP contribution in [0.4, 0.5) is 0 Å². The Morgan fingerprint density at radius 1 is 0.762 bits per heavy atom. The molecule has 0 heteroatoms. The normalized spacial score (nSPS) is 37.2. The smallest absolute Gasteiger partial charge is 0.0152 e. The first-order chi connectivity index (χ1) is 10.3. The molecular weight excluding hydrogens is 252 g/mol. The largest absolute Gasteiger partial charge is 0.0616 e. The molecule has 21 heavy (non-hydrogen) atoms. The van der Waals surface area contributed by atoms with E-state index in [9.17, 15) is 0 Å². The van der Waals surface area contributed by atoms with Gasteiger partial charge < -0.3 is 0 Å². The van der Waals surface area contributed by atoms with Gasteiger partial charge in [0.05, 0.1) is 0 Å². The molecule has 0 aliphatic heterocycles. The van der Waals surface area contributed by atoms with Gasteiger partial charge in [-0.15, -0.1) is 0 Å². The van der Waals surface area contributed by atoms with Crippen molar-refractivity contribution in [3.05, 3.63) is 48.0 Å². The third-order valence-electron chi connectivity index (χ3n) is 6.61. The van der Waals surface area contributed by atoms with E-state index in [1.165, 1.54) is 36.5 Å². The summed E-state index contributed by atoms with van der Waals surface area (Å²) in [7, 11) is 0. The molecule has 0 amide bonds. The van der Waals surface area contributed by atoms with Crippen molar-refractivity contribution in [3.63, 3.8) is 0 Å². The van der Waals surface area contributed by atoms with Gasteiger partial charge in [-0.25, -0.2) is 0 Å². The molecule has 0 unspecified atom stereocenters. The molecule has 4 saturated carbocycles. The van der Waals surface area contributed by atoms with Crippen LogP contribution in [0.3, 0.4) is 0 Å². The summed E-state index contributed by atoms with van der Waals surface area (Å²) in [5.74, 6) is 3.18. The van der Waals surface area contributed by atoms with Crippen LogP contribution in [0.1, 0.15) is 44.1 Å². The lowest BCUT2D eigenvalue weighted by Gasteiger charge is -2.57. The topological polar surface area (TPSA) is 0 Å². The van der Waals surface area contributed by atoms with Crippen molar-refractivity contribution in [1.82, 2.24) is 0 Å². The molecule has 2 aromatic carbocycles. The van der Waals surface area contributed by atoms with E-state index in [2.05, 4.69) is 42.5 Å². The van der Waals surface area contributed by atoms with Gasteiger partial charge in [-0.1, -0.05) is 42.5 Å². The monoisotopic (exact) mass is 276 g/mol. The summed E-state index contributed by atoms with van der Waals surface area (Å²) in [5.41, 5.74) is 2.26. The Kier molecular flexibility index (Phi) is 2.54. The number of fused-ring (bicyclic) bond motifs is 1. The molecular formula is C21H24. The molecule has 2 aromatic rings. The van der Waals surface area contributed by atoms with E-state index < -0.39 is 0 Å². The lowest BCUT2D eigenvalue weighted by Crippen LogP contribution is -2.47. The molecule has 4 aliphatic carbocycles. The van der Waals surface area contributed by atoms with Crippen molar-refractivity contribution >= 4 is 10.8 Å². The summed E-state index contributed by atoms with van der Waals surface area (Å²) in [6.07, 6.45) is 10.5. The van der Waals surface area contributed by atoms with Crippen LogP contribution in [0.15, 0.2) is 42.5 Å². The van der Waals surface area contributed by atoms with Crippen LogP contribution >= 0.6 is 0 Å². The maximum absolute atomic E-state index is 2.39. The SMILES string of the molecule is c1ccc2c(CC34CC5CC(CC(C5)C3)C4)cccc2c1. The molecule has 0 nitrogen and oxygen atoms in total. The van der Waals surface area contributed by atoms with Crippen LogP contribution in [0, 0.1) is 23.2 Å². The fraction of sp³-hybridized carbons (Fsp3) is 0.524. The van der Waals surface area contributed by atoms with Crippen LogP contribution < -0.4 is 0 Å². The van der Waals surface area contributed by atoms with Crippen molar-refractivity contribution in [2.75, 3.05) is 0 Å². The van der Waals surface area contributed by atoms with Gasteiger partial charge in [0.2, 0.25) is 0 Å². The molecule has 6 rings (SSSR count). The van der Waals surface area contributed by atoms with E-state index in [4.69, 9.17) is 0 Å². The summed E-state index contributed by atoms with van der Waals surface area (Å²) in [5, 5.41) is 2.91. The minimum absolute atomic E-state index is 0.652. The minimum Gasteiger partial charge on any atom is -0.0616 e. The zero-order valence-corrected chi connectivity index (χ0v) is 12.7.